The van der Waals surface area contributed by atoms with Gasteiger partial charge in [0.05, 0.1) is 16.2 Å². The van der Waals surface area contributed by atoms with Gasteiger partial charge in [-0.25, -0.2) is 0 Å². The summed E-state index contributed by atoms with van der Waals surface area (Å²) in [5.74, 6) is -3.25. The summed E-state index contributed by atoms with van der Waals surface area (Å²) in [6.45, 7) is 0. The Morgan fingerprint density at radius 2 is 1.77 bits per heavy atom. The zero-order valence-corrected chi connectivity index (χ0v) is 10.6. The molecule has 1 atom stereocenters. The maximum Gasteiger partial charge on any atom is 0.458 e. The molecule has 1 aromatic carbocycles. The lowest BCUT2D eigenvalue weighted by Crippen LogP contribution is -2.56. The van der Waals surface area contributed by atoms with Crippen molar-refractivity contribution in [2.24, 2.45) is 0 Å². The summed E-state index contributed by atoms with van der Waals surface area (Å²) in [5, 5.41) is 14.2. The van der Waals surface area contributed by atoms with Crippen LogP contribution in [0.25, 0.3) is 0 Å². The number of benzene rings is 1. The molecule has 0 fully saturated rings. The van der Waals surface area contributed by atoms with Gasteiger partial charge >= 0.3 is 18.2 Å². The molecule has 0 saturated carbocycles. The van der Waals surface area contributed by atoms with Gasteiger partial charge in [-0.1, -0.05) is 0 Å². The van der Waals surface area contributed by atoms with E-state index in [0.717, 1.165) is 0 Å². The molecule has 1 unspecified atom stereocenters. The number of nitro groups is 1. The second kappa shape index (κ2) is 4.63. The monoisotopic (exact) mass is 331 g/mol. The van der Waals surface area contributed by atoms with Crippen molar-refractivity contribution < 1.29 is 36.0 Å². The quantitative estimate of drug-likeness (QED) is 0.494. The fourth-order valence-electron chi connectivity index (χ4n) is 1.92. The van der Waals surface area contributed by atoms with Gasteiger partial charge in [0.1, 0.15) is 5.69 Å². The maximum absolute atomic E-state index is 13.0. The number of anilines is 2. The van der Waals surface area contributed by atoms with Crippen molar-refractivity contribution in [3.05, 3.63) is 27.8 Å². The number of nitro benzene ring substituents is 1. The minimum absolute atomic E-state index is 0.148. The normalized spacial score (nSPS) is 21.0. The van der Waals surface area contributed by atoms with Crippen LogP contribution in [0.1, 0.15) is 5.56 Å². The average Bonchev–Trinajstić information content (AvgIpc) is 2.75. The van der Waals surface area contributed by atoms with Crippen molar-refractivity contribution in [2.45, 2.75) is 18.2 Å². The van der Waals surface area contributed by atoms with Crippen molar-refractivity contribution in [3.8, 4) is 0 Å². The highest BCUT2D eigenvalue weighted by molar-refractivity contribution is 5.85. The second-order valence-corrected chi connectivity index (χ2v) is 4.31. The van der Waals surface area contributed by atoms with Crippen LogP contribution >= 0.6 is 0 Å². The Labute approximate surface area is 118 Å². The standard InChI is InChI=1S/C10H7F6N3O3/c1-22-10(9(14,15)16)17-5-2-4(8(11,12)13)3-6(19(20)21)7(5)18-10/h2-3,17-18H,1H3. The smallest absolute Gasteiger partial charge is 0.335 e. The molecule has 1 heterocycles. The van der Waals surface area contributed by atoms with Gasteiger partial charge in [-0.15, -0.1) is 0 Å². The Bertz CT molecular complexity index is 630. The lowest BCUT2D eigenvalue weighted by atomic mass is 10.1. The average molecular weight is 331 g/mol. The summed E-state index contributed by atoms with van der Waals surface area (Å²) >= 11 is 0. The molecule has 122 valence electrons. The van der Waals surface area contributed by atoms with Gasteiger partial charge in [-0.3, -0.25) is 10.1 Å². The third-order valence-corrected chi connectivity index (χ3v) is 2.96. The summed E-state index contributed by atoms with van der Waals surface area (Å²) in [4.78, 5) is 9.62. The topological polar surface area (TPSA) is 76.4 Å². The first-order valence-corrected chi connectivity index (χ1v) is 5.49. The van der Waals surface area contributed by atoms with E-state index in [1.165, 1.54) is 0 Å². The number of halogens is 6. The molecule has 1 aliphatic rings. The van der Waals surface area contributed by atoms with Crippen molar-refractivity contribution in [1.29, 1.82) is 0 Å². The largest absolute Gasteiger partial charge is 0.458 e. The number of nitrogens with zero attached hydrogens (tertiary/aromatic N) is 1. The molecule has 0 amide bonds. The van der Waals surface area contributed by atoms with E-state index in [2.05, 4.69) is 4.74 Å². The maximum atomic E-state index is 13.0. The fraction of sp³-hybridized carbons (Fsp3) is 0.400. The van der Waals surface area contributed by atoms with Crippen LogP contribution in [-0.4, -0.2) is 24.1 Å². The van der Waals surface area contributed by atoms with Crippen LogP contribution in [0.4, 0.5) is 43.4 Å². The van der Waals surface area contributed by atoms with E-state index in [1.54, 1.807) is 10.6 Å². The van der Waals surface area contributed by atoms with Crippen molar-refractivity contribution in [2.75, 3.05) is 17.7 Å². The minimum Gasteiger partial charge on any atom is -0.335 e. The van der Waals surface area contributed by atoms with E-state index in [9.17, 15) is 36.5 Å². The molecular formula is C10H7F6N3O3. The summed E-state index contributed by atoms with van der Waals surface area (Å²) < 4.78 is 81.3. The Hall–Kier alpha value is -2.24. The van der Waals surface area contributed by atoms with Gasteiger partial charge < -0.3 is 15.4 Å². The van der Waals surface area contributed by atoms with Gasteiger partial charge in [0.15, 0.2) is 0 Å². The van der Waals surface area contributed by atoms with Crippen molar-refractivity contribution >= 4 is 17.1 Å². The number of hydrogen-bond donors (Lipinski definition) is 2. The highest BCUT2D eigenvalue weighted by atomic mass is 19.4. The minimum atomic E-state index is -5.09. The first-order chi connectivity index (χ1) is 9.91. The summed E-state index contributed by atoms with van der Waals surface area (Å²) in [6, 6.07) is 0.484. The molecule has 2 rings (SSSR count). The lowest BCUT2D eigenvalue weighted by Gasteiger charge is -2.30. The predicted octanol–water partition coefficient (Wildman–Crippen LogP) is 3.31. The fourth-order valence-corrected chi connectivity index (χ4v) is 1.92. The van der Waals surface area contributed by atoms with E-state index in [0.29, 0.717) is 13.2 Å². The molecule has 6 nitrogen and oxygen atoms in total. The Morgan fingerprint density at radius 1 is 1.18 bits per heavy atom. The van der Waals surface area contributed by atoms with E-state index >= 15 is 0 Å². The number of fused-ring (bicyclic) bond motifs is 1. The van der Waals surface area contributed by atoms with Crippen LogP contribution in [0.3, 0.4) is 0 Å². The molecule has 0 aliphatic carbocycles. The van der Waals surface area contributed by atoms with Crippen LogP contribution in [0.2, 0.25) is 0 Å². The molecule has 12 heteroatoms. The van der Waals surface area contributed by atoms with Gasteiger partial charge in [0, 0.05) is 13.2 Å². The third-order valence-electron chi connectivity index (χ3n) is 2.96. The first-order valence-electron chi connectivity index (χ1n) is 5.49. The zero-order chi connectivity index (χ0) is 16.9. The molecule has 2 N–H and O–H groups in total. The van der Waals surface area contributed by atoms with E-state index in [1.807, 2.05) is 0 Å². The van der Waals surface area contributed by atoms with Crippen LogP contribution < -0.4 is 10.6 Å². The SMILES string of the molecule is COC1(C(F)(F)F)Nc2cc(C(F)(F)F)cc([N+](=O)[O-])c2N1. The molecule has 22 heavy (non-hydrogen) atoms. The molecule has 0 spiro atoms. The van der Waals surface area contributed by atoms with Crippen LogP contribution in [0.5, 0.6) is 0 Å². The Morgan fingerprint density at radius 3 is 2.18 bits per heavy atom. The highest BCUT2D eigenvalue weighted by Crippen LogP contribution is 2.49. The van der Waals surface area contributed by atoms with Gasteiger partial charge in [-0.2, -0.15) is 26.3 Å². The zero-order valence-electron chi connectivity index (χ0n) is 10.6. The molecule has 0 bridgehead atoms. The third kappa shape index (κ3) is 2.38. The van der Waals surface area contributed by atoms with Crippen LogP contribution in [-0.2, 0) is 10.9 Å². The number of hydrogen-bond acceptors (Lipinski definition) is 5. The molecule has 0 saturated heterocycles. The summed E-state index contributed by atoms with van der Waals surface area (Å²) in [7, 11) is 0.649. The lowest BCUT2D eigenvalue weighted by molar-refractivity contribution is -0.384. The Kier molecular flexibility index (Phi) is 3.39. The number of methoxy groups -OCH3 is 1. The molecular weight excluding hydrogens is 324 g/mol. The van der Waals surface area contributed by atoms with Gasteiger partial charge in [0.25, 0.3) is 5.69 Å². The first kappa shape index (κ1) is 16.1. The highest BCUT2D eigenvalue weighted by Gasteiger charge is 2.61. The number of rotatable bonds is 2. The number of nitrogens with one attached hydrogen (secondary N) is 2. The molecule has 0 radical (unpaired) electrons. The van der Waals surface area contributed by atoms with E-state index < -0.39 is 45.8 Å². The van der Waals surface area contributed by atoms with Gasteiger partial charge in [0.2, 0.25) is 0 Å². The van der Waals surface area contributed by atoms with E-state index in [4.69, 9.17) is 0 Å². The molecule has 1 aromatic rings. The van der Waals surface area contributed by atoms with Crippen molar-refractivity contribution in [3.63, 3.8) is 0 Å². The predicted molar refractivity (Wildman–Crippen MR) is 61.1 cm³/mol. The summed E-state index contributed by atoms with van der Waals surface area (Å²) in [5.41, 5.74) is -4.08. The van der Waals surface area contributed by atoms with Crippen LogP contribution in [0, 0.1) is 10.1 Å². The second-order valence-electron chi connectivity index (χ2n) is 4.31. The molecule has 1 aliphatic heterocycles. The Balaban J connectivity index is 2.62. The molecule has 0 aromatic heterocycles. The number of alkyl halides is 6. The number of ether oxygens (including phenoxy) is 1. The van der Waals surface area contributed by atoms with Gasteiger partial charge in [-0.05, 0) is 6.07 Å². The van der Waals surface area contributed by atoms with E-state index in [-0.39, 0.29) is 6.07 Å². The van der Waals surface area contributed by atoms with Crippen LogP contribution in [0.15, 0.2) is 12.1 Å². The van der Waals surface area contributed by atoms with Crippen molar-refractivity contribution in [1.82, 2.24) is 0 Å². The summed E-state index contributed by atoms with van der Waals surface area (Å²) in [6.07, 6.45) is -10.1.